The fourth-order valence-corrected chi connectivity index (χ4v) is 3.61. The van der Waals surface area contributed by atoms with E-state index in [1.165, 1.54) is 5.69 Å². The van der Waals surface area contributed by atoms with Crippen LogP contribution in [0.1, 0.15) is 18.2 Å². The van der Waals surface area contributed by atoms with Crippen LogP contribution in [-0.4, -0.2) is 27.1 Å². The van der Waals surface area contributed by atoms with E-state index in [1.807, 2.05) is 53.0 Å². The molecule has 1 amide bonds. The Balaban J connectivity index is 1.56. The Morgan fingerprint density at radius 2 is 1.70 bits per heavy atom. The lowest BCUT2D eigenvalue weighted by molar-refractivity contribution is -0.129. The summed E-state index contributed by atoms with van der Waals surface area (Å²) in [5.41, 5.74) is 5.50. The Morgan fingerprint density at radius 3 is 2.33 bits per heavy atom. The number of anilines is 2. The van der Waals surface area contributed by atoms with Crippen LogP contribution in [0, 0.1) is 0 Å². The Labute approximate surface area is 163 Å². The van der Waals surface area contributed by atoms with Crippen LogP contribution in [-0.2, 0) is 24.8 Å². The van der Waals surface area contributed by atoms with E-state index in [4.69, 9.17) is 11.6 Å². The highest BCUT2D eigenvalue weighted by Gasteiger charge is 2.25. The molecule has 0 aliphatic carbocycles. The summed E-state index contributed by atoms with van der Waals surface area (Å²) in [6.07, 6.45) is 0.829. The number of halogens is 1. The van der Waals surface area contributed by atoms with Gasteiger partial charge in [-0.2, -0.15) is 5.10 Å². The van der Waals surface area contributed by atoms with Crippen LogP contribution in [0.5, 0.6) is 0 Å². The van der Waals surface area contributed by atoms with Crippen molar-refractivity contribution in [2.45, 2.75) is 19.9 Å². The van der Waals surface area contributed by atoms with Crippen LogP contribution >= 0.6 is 11.6 Å². The standard InChI is InChI=1S/C21H21ClN4O/c1-14(27)26-12-11-20-19(13-26)21(24-25(20)2)23-18-9-5-16(6-10-18)15-3-7-17(22)8-4-15/h3-10H,11-13H2,1-2H3,(H,23,24). The molecule has 1 aliphatic rings. The van der Waals surface area contributed by atoms with Gasteiger partial charge in [-0.05, 0) is 35.4 Å². The number of nitrogens with one attached hydrogen (secondary N) is 1. The van der Waals surface area contributed by atoms with Gasteiger partial charge in [0, 0.05) is 48.9 Å². The Kier molecular flexibility index (Phi) is 4.62. The van der Waals surface area contributed by atoms with E-state index in [1.54, 1.807) is 6.92 Å². The molecule has 0 saturated carbocycles. The number of hydrogen-bond donors (Lipinski definition) is 1. The fraction of sp³-hybridized carbons (Fsp3) is 0.238. The van der Waals surface area contributed by atoms with Crippen molar-refractivity contribution in [1.29, 1.82) is 0 Å². The quantitative estimate of drug-likeness (QED) is 0.733. The monoisotopic (exact) mass is 380 g/mol. The second-order valence-corrected chi connectivity index (χ2v) is 7.23. The van der Waals surface area contributed by atoms with Crippen molar-refractivity contribution in [3.05, 3.63) is 64.8 Å². The SMILES string of the molecule is CC(=O)N1CCc2c(c(Nc3ccc(-c4ccc(Cl)cc4)cc3)nn2C)C1. The lowest BCUT2D eigenvalue weighted by Crippen LogP contribution is -2.34. The number of rotatable bonds is 3. The maximum Gasteiger partial charge on any atom is 0.219 e. The summed E-state index contributed by atoms with van der Waals surface area (Å²) in [6.45, 7) is 2.96. The number of aromatic nitrogens is 2. The molecule has 5 nitrogen and oxygen atoms in total. The van der Waals surface area contributed by atoms with Gasteiger partial charge < -0.3 is 10.2 Å². The number of benzene rings is 2. The molecule has 6 heteroatoms. The van der Waals surface area contributed by atoms with Crippen LogP contribution in [0.15, 0.2) is 48.5 Å². The molecule has 0 spiro atoms. The Morgan fingerprint density at radius 1 is 1.07 bits per heavy atom. The third-order valence-electron chi connectivity index (χ3n) is 5.01. The van der Waals surface area contributed by atoms with Crippen LogP contribution in [0.2, 0.25) is 5.02 Å². The average molecular weight is 381 g/mol. The molecule has 2 aromatic carbocycles. The van der Waals surface area contributed by atoms with Crippen LogP contribution in [0.3, 0.4) is 0 Å². The lowest BCUT2D eigenvalue weighted by Gasteiger charge is -2.26. The third-order valence-corrected chi connectivity index (χ3v) is 5.26. The minimum Gasteiger partial charge on any atom is -0.338 e. The minimum absolute atomic E-state index is 0.0998. The van der Waals surface area contributed by atoms with E-state index < -0.39 is 0 Å². The van der Waals surface area contributed by atoms with Gasteiger partial charge in [0.25, 0.3) is 0 Å². The van der Waals surface area contributed by atoms with E-state index >= 15 is 0 Å². The molecular formula is C21H21ClN4O. The second kappa shape index (κ2) is 7.08. The van der Waals surface area contributed by atoms with Crippen molar-refractivity contribution in [2.24, 2.45) is 7.05 Å². The van der Waals surface area contributed by atoms with Gasteiger partial charge >= 0.3 is 0 Å². The molecule has 4 rings (SSSR count). The highest BCUT2D eigenvalue weighted by Crippen LogP contribution is 2.29. The van der Waals surface area contributed by atoms with E-state index in [0.717, 1.165) is 46.2 Å². The highest BCUT2D eigenvalue weighted by atomic mass is 35.5. The summed E-state index contributed by atoms with van der Waals surface area (Å²) in [4.78, 5) is 13.6. The van der Waals surface area contributed by atoms with Crippen molar-refractivity contribution in [2.75, 3.05) is 11.9 Å². The van der Waals surface area contributed by atoms with Crippen LogP contribution in [0.4, 0.5) is 11.5 Å². The summed E-state index contributed by atoms with van der Waals surface area (Å²) >= 11 is 5.96. The van der Waals surface area contributed by atoms with Gasteiger partial charge in [-0.1, -0.05) is 35.9 Å². The summed E-state index contributed by atoms with van der Waals surface area (Å²) < 4.78 is 1.91. The topological polar surface area (TPSA) is 50.2 Å². The highest BCUT2D eigenvalue weighted by molar-refractivity contribution is 6.30. The number of carbonyl (C=O) groups is 1. The number of amides is 1. The van der Waals surface area contributed by atoms with Gasteiger partial charge in [-0.15, -0.1) is 0 Å². The predicted molar refractivity (Wildman–Crippen MR) is 108 cm³/mol. The molecule has 2 heterocycles. The maximum atomic E-state index is 11.7. The normalized spacial score (nSPS) is 13.4. The molecule has 138 valence electrons. The number of nitrogens with zero attached hydrogens (tertiary/aromatic N) is 3. The molecule has 0 radical (unpaired) electrons. The second-order valence-electron chi connectivity index (χ2n) is 6.80. The van der Waals surface area contributed by atoms with Crippen LogP contribution < -0.4 is 5.32 Å². The van der Waals surface area contributed by atoms with Crippen molar-refractivity contribution in [1.82, 2.24) is 14.7 Å². The molecule has 0 fully saturated rings. The third kappa shape index (κ3) is 3.55. The number of hydrogen-bond acceptors (Lipinski definition) is 3. The molecule has 1 N–H and O–H groups in total. The van der Waals surface area contributed by atoms with Crippen molar-refractivity contribution >= 4 is 29.0 Å². The first-order valence-corrected chi connectivity index (χ1v) is 9.32. The van der Waals surface area contributed by atoms with Crippen molar-refractivity contribution in [3.8, 4) is 11.1 Å². The Hall–Kier alpha value is -2.79. The van der Waals surface area contributed by atoms with Gasteiger partial charge in [-0.25, -0.2) is 0 Å². The van der Waals surface area contributed by atoms with Gasteiger partial charge in [0.15, 0.2) is 5.82 Å². The zero-order valence-corrected chi connectivity index (χ0v) is 16.1. The maximum absolute atomic E-state index is 11.7. The van der Waals surface area contributed by atoms with Gasteiger partial charge in [0.2, 0.25) is 5.91 Å². The molecular weight excluding hydrogens is 360 g/mol. The number of aryl methyl sites for hydroxylation is 1. The van der Waals surface area contributed by atoms with E-state index in [0.29, 0.717) is 6.54 Å². The minimum atomic E-state index is 0.0998. The van der Waals surface area contributed by atoms with Crippen molar-refractivity contribution in [3.63, 3.8) is 0 Å². The Bertz CT molecular complexity index is 977. The van der Waals surface area contributed by atoms with E-state index in [2.05, 4.69) is 22.5 Å². The first kappa shape index (κ1) is 17.6. The van der Waals surface area contributed by atoms with Gasteiger partial charge in [-0.3, -0.25) is 9.48 Å². The van der Waals surface area contributed by atoms with Gasteiger partial charge in [0.05, 0.1) is 6.54 Å². The number of carbonyl (C=O) groups excluding carboxylic acids is 1. The summed E-state index contributed by atoms with van der Waals surface area (Å²) in [7, 11) is 1.96. The average Bonchev–Trinajstić information content (AvgIpc) is 2.98. The smallest absolute Gasteiger partial charge is 0.219 e. The first-order valence-electron chi connectivity index (χ1n) is 8.94. The summed E-state index contributed by atoms with van der Waals surface area (Å²) in [6, 6.07) is 16.0. The summed E-state index contributed by atoms with van der Waals surface area (Å²) in [5, 5.41) is 8.77. The van der Waals surface area contributed by atoms with E-state index in [9.17, 15) is 4.79 Å². The lowest BCUT2D eigenvalue weighted by atomic mass is 10.1. The molecule has 0 unspecified atom stereocenters. The zero-order valence-electron chi connectivity index (χ0n) is 15.4. The molecule has 1 aromatic heterocycles. The number of fused-ring (bicyclic) bond motifs is 1. The molecule has 1 aliphatic heterocycles. The molecule has 0 saturated heterocycles. The van der Waals surface area contributed by atoms with E-state index in [-0.39, 0.29) is 5.91 Å². The first-order chi connectivity index (χ1) is 13.0. The fourth-order valence-electron chi connectivity index (χ4n) is 3.49. The van der Waals surface area contributed by atoms with Crippen molar-refractivity contribution < 1.29 is 4.79 Å². The molecule has 0 bridgehead atoms. The molecule has 0 atom stereocenters. The predicted octanol–water partition coefficient (Wildman–Crippen LogP) is 4.39. The zero-order chi connectivity index (χ0) is 19.0. The molecule has 3 aromatic rings. The summed E-state index contributed by atoms with van der Waals surface area (Å²) in [5.74, 6) is 0.917. The van der Waals surface area contributed by atoms with Gasteiger partial charge in [0.1, 0.15) is 0 Å². The molecule has 27 heavy (non-hydrogen) atoms. The largest absolute Gasteiger partial charge is 0.338 e. The van der Waals surface area contributed by atoms with Crippen LogP contribution in [0.25, 0.3) is 11.1 Å².